The average molecular weight is 322 g/mol. The molecule has 1 aliphatic heterocycles. The molecule has 0 N–H and O–H groups in total. The molecule has 1 fully saturated rings. The van der Waals surface area contributed by atoms with Crippen molar-refractivity contribution >= 4 is 17.7 Å². The van der Waals surface area contributed by atoms with Crippen molar-refractivity contribution in [3.63, 3.8) is 0 Å². The Morgan fingerprint density at radius 1 is 1.00 bits per heavy atom. The Kier molecular flexibility index (Phi) is 3.72. The molecule has 1 heterocycles. The van der Waals surface area contributed by atoms with E-state index < -0.39 is 52.9 Å². The molecule has 1 rings (SSSR count). The third kappa shape index (κ3) is 3.03. The van der Waals surface area contributed by atoms with E-state index in [1.165, 1.54) is 0 Å². The van der Waals surface area contributed by atoms with E-state index in [9.17, 15) is 44.3 Å². The van der Waals surface area contributed by atoms with Gasteiger partial charge in [-0.2, -0.15) is 39.5 Å². The van der Waals surface area contributed by atoms with Crippen molar-refractivity contribution in [2.75, 3.05) is 0 Å². The monoisotopic (exact) mass is 322 g/mol. The average Bonchev–Trinajstić information content (AvgIpc) is 2.39. The summed E-state index contributed by atoms with van der Waals surface area (Å²) >= 11 is -1.23. The lowest BCUT2D eigenvalue weighted by Crippen LogP contribution is -2.54. The van der Waals surface area contributed by atoms with Gasteiger partial charge in [0.05, 0.1) is 6.42 Å². The molecule has 0 aromatic heterocycles. The largest absolute Gasteiger partial charge is 0.448 e. The summed E-state index contributed by atoms with van der Waals surface area (Å²) < 4.78 is 113. The molecule has 112 valence electrons. The summed E-state index contributed by atoms with van der Waals surface area (Å²) in [5.74, 6) is -2.20. The molecule has 0 aliphatic carbocycles. The number of hydrogen-bond donors (Lipinski definition) is 0. The van der Waals surface area contributed by atoms with Gasteiger partial charge in [-0.05, 0) is 0 Å². The van der Waals surface area contributed by atoms with Crippen LogP contribution < -0.4 is 0 Å². The standard InChI is InChI=1S/C7H3F9O2S/c8-4(9,10)1-2-3(17)18-5(19-2,6(11,12)13)7(14,15)16/h2H,1H2/t2-/m0/s1. The van der Waals surface area contributed by atoms with Crippen molar-refractivity contribution in [1.82, 2.24) is 0 Å². The first-order chi connectivity index (χ1) is 8.20. The minimum atomic E-state index is -6.08. The number of hydrogen-bond acceptors (Lipinski definition) is 3. The Hall–Kier alpha value is -0.810. The summed E-state index contributed by atoms with van der Waals surface area (Å²) in [4.78, 5) is 5.87. The van der Waals surface area contributed by atoms with E-state index >= 15 is 0 Å². The Labute approximate surface area is 103 Å². The molecule has 0 unspecified atom stereocenters. The van der Waals surface area contributed by atoms with E-state index in [1.807, 2.05) is 0 Å². The van der Waals surface area contributed by atoms with Crippen molar-refractivity contribution in [3.05, 3.63) is 0 Å². The number of halogens is 9. The zero-order chi connectivity index (χ0) is 15.3. The SMILES string of the molecule is O=C1OC(C(F)(F)F)(C(F)(F)F)S[C@H]1CC(F)(F)F. The smallest absolute Gasteiger partial charge is 0.428 e. The number of alkyl halides is 9. The van der Waals surface area contributed by atoms with Crippen LogP contribution in [0.2, 0.25) is 0 Å². The number of cyclic esters (lactones) is 1. The fraction of sp³-hybridized carbons (Fsp3) is 0.857. The molecular formula is C7H3F9O2S. The third-order valence-corrected chi connectivity index (χ3v) is 3.50. The van der Waals surface area contributed by atoms with Crippen LogP contribution in [0.15, 0.2) is 0 Å². The van der Waals surface area contributed by atoms with Crippen LogP contribution in [0.1, 0.15) is 6.42 Å². The van der Waals surface area contributed by atoms with Crippen LogP contribution >= 0.6 is 11.8 Å². The van der Waals surface area contributed by atoms with Crippen molar-refractivity contribution in [1.29, 1.82) is 0 Å². The lowest BCUT2D eigenvalue weighted by molar-refractivity contribution is -0.327. The van der Waals surface area contributed by atoms with E-state index in [0.717, 1.165) is 0 Å². The van der Waals surface area contributed by atoms with Crippen molar-refractivity contribution in [3.8, 4) is 0 Å². The van der Waals surface area contributed by atoms with Gasteiger partial charge < -0.3 is 4.74 Å². The summed E-state index contributed by atoms with van der Waals surface area (Å²) in [7, 11) is 0. The van der Waals surface area contributed by atoms with Gasteiger partial charge in [0.25, 0.3) is 0 Å². The van der Waals surface area contributed by atoms with Gasteiger partial charge in [0, 0.05) is 0 Å². The molecule has 1 atom stereocenters. The maximum absolute atomic E-state index is 12.4. The van der Waals surface area contributed by atoms with Crippen LogP contribution in [0.4, 0.5) is 39.5 Å². The molecule has 0 spiro atoms. The van der Waals surface area contributed by atoms with E-state index in [-0.39, 0.29) is 0 Å². The number of esters is 1. The Morgan fingerprint density at radius 2 is 1.42 bits per heavy atom. The van der Waals surface area contributed by atoms with Gasteiger partial charge in [-0.1, -0.05) is 11.8 Å². The maximum Gasteiger partial charge on any atom is 0.448 e. The zero-order valence-corrected chi connectivity index (χ0v) is 9.23. The highest BCUT2D eigenvalue weighted by Gasteiger charge is 2.79. The first-order valence-corrected chi connectivity index (χ1v) is 5.18. The van der Waals surface area contributed by atoms with Crippen LogP contribution in [0.25, 0.3) is 0 Å². The number of ether oxygens (including phenoxy) is 1. The second-order valence-corrected chi connectivity index (χ2v) is 4.84. The molecule has 0 aromatic rings. The molecule has 0 radical (unpaired) electrons. The van der Waals surface area contributed by atoms with Gasteiger partial charge in [-0.25, -0.2) is 0 Å². The molecule has 1 saturated heterocycles. The van der Waals surface area contributed by atoms with E-state index in [4.69, 9.17) is 0 Å². The van der Waals surface area contributed by atoms with E-state index in [2.05, 4.69) is 4.74 Å². The number of thioether (sulfide) groups is 1. The summed E-state index contributed by atoms with van der Waals surface area (Å²) in [5.41, 5.74) is 0. The molecule has 0 saturated carbocycles. The summed E-state index contributed by atoms with van der Waals surface area (Å²) in [5, 5.41) is -2.61. The maximum atomic E-state index is 12.4. The fourth-order valence-corrected chi connectivity index (χ4v) is 2.44. The highest BCUT2D eigenvalue weighted by molar-refractivity contribution is 8.02. The van der Waals surface area contributed by atoms with Gasteiger partial charge in [0.15, 0.2) is 0 Å². The second-order valence-electron chi connectivity index (χ2n) is 3.46. The van der Waals surface area contributed by atoms with Gasteiger partial charge >= 0.3 is 29.4 Å². The van der Waals surface area contributed by atoms with Gasteiger partial charge in [0.1, 0.15) is 5.25 Å². The molecular weight excluding hydrogens is 319 g/mol. The third-order valence-electron chi connectivity index (χ3n) is 1.98. The van der Waals surface area contributed by atoms with Crippen molar-refractivity contribution < 1.29 is 49.0 Å². The van der Waals surface area contributed by atoms with Crippen LogP contribution in [0.5, 0.6) is 0 Å². The predicted octanol–water partition coefficient (Wildman–Crippen LogP) is 3.42. The van der Waals surface area contributed by atoms with Crippen LogP contribution in [0, 0.1) is 0 Å². The number of carbonyl (C=O) groups is 1. The van der Waals surface area contributed by atoms with Crippen molar-refractivity contribution in [2.24, 2.45) is 0 Å². The van der Waals surface area contributed by atoms with Crippen LogP contribution in [-0.4, -0.2) is 34.7 Å². The molecule has 0 amide bonds. The number of rotatable bonds is 1. The fourth-order valence-electron chi connectivity index (χ4n) is 1.23. The first kappa shape index (κ1) is 16.2. The minimum Gasteiger partial charge on any atom is -0.428 e. The summed E-state index contributed by atoms with van der Waals surface area (Å²) in [6.45, 7) is 0. The zero-order valence-electron chi connectivity index (χ0n) is 8.41. The molecule has 0 aromatic carbocycles. The van der Waals surface area contributed by atoms with Crippen LogP contribution in [0.3, 0.4) is 0 Å². The predicted molar refractivity (Wildman–Crippen MR) is 43.0 cm³/mol. The Morgan fingerprint density at radius 3 is 1.68 bits per heavy atom. The minimum absolute atomic E-state index is 1.23. The normalized spacial score (nSPS) is 24.5. The molecule has 0 bridgehead atoms. The first-order valence-electron chi connectivity index (χ1n) is 4.30. The Balaban J connectivity index is 3.11. The Bertz CT molecular complexity index is 354. The highest BCUT2D eigenvalue weighted by Crippen LogP contribution is 2.58. The van der Waals surface area contributed by atoms with Crippen LogP contribution in [-0.2, 0) is 9.53 Å². The second kappa shape index (κ2) is 4.35. The molecule has 1 aliphatic rings. The lowest BCUT2D eigenvalue weighted by atomic mass is 10.3. The molecule has 2 nitrogen and oxygen atoms in total. The number of carbonyl (C=O) groups excluding carboxylic acids is 1. The van der Waals surface area contributed by atoms with Gasteiger partial charge in [0.2, 0.25) is 0 Å². The van der Waals surface area contributed by atoms with Gasteiger partial charge in [-0.15, -0.1) is 0 Å². The van der Waals surface area contributed by atoms with Crippen molar-refractivity contribution in [2.45, 2.75) is 35.1 Å². The summed E-state index contributed by atoms with van der Waals surface area (Å²) in [6.07, 6.45) is -19.4. The molecule has 19 heavy (non-hydrogen) atoms. The van der Waals surface area contributed by atoms with Gasteiger partial charge in [-0.3, -0.25) is 4.79 Å². The summed E-state index contributed by atoms with van der Waals surface area (Å²) in [6, 6.07) is 0. The topological polar surface area (TPSA) is 26.3 Å². The lowest BCUT2D eigenvalue weighted by Gasteiger charge is -2.30. The highest BCUT2D eigenvalue weighted by atomic mass is 32.2. The van der Waals surface area contributed by atoms with E-state index in [1.54, 1.807) is 0 Å². The molecule has 12 heteroatoms. The quantitative estimate of drug-likeness (QED) is 0.547. The van der Waals surface area contributed by atoms with E-state index in [0.29, 0.717) is 0 Å².